The molecule has 0 atom stereocenters. The fourth-order valence-corrected chi connectivity index (χ4v) is 2.67. The Balaban J connectivity index is 1.53. The highest BCUT2D eigenvalue weighted by Gasteiger charge is 2.22. The number of halogens is 3. The highest BCUT2D eigenvalue weighted by Crippen LogP contribution is 2.19. The van der Waals surface area contributed by atoms with Crippen LogP contribution in [0.2, 0.25) is 0 Å². The molecule has 0 radical (unpaired) electrons. The van der Waals surface area contributed by atoms with Gasteiger partial charge in [0.2, 0.25) is 5.91 Å². The van der Waals surface area contributed by atoms with Gasteiger partial charge in [-0.3, -0.25) is 4.79 Å². The SMILES string of the molecule is O=C(CNc1ccc(F)c(F)c1F)N1CCN(c2ccccn2)CC1. The quantitative estimate of drug-likeness (QED) is 0.860. The smallest absolute Gasteiger partial charge is 0.241 e. The standard InChI is InChI=1S/C17H17F3N4O/c18-12-4-5-13(17(20)16(12)19)22-11-15(25)24-9-7-23(8-10-24)14-3-1-2-6-21-14/h1-6,22H,7-11H2. The summed E-state index contributed by atoms with van der Waals surface area (Å²) in [5, 5.41) is 2.52. The van der Waals surface area contributed by atoms with Gasteiger partial charge in [-0.05, 0) is 24.3 Å². The van der Waals surface area contributed by atoms with Crippen molar-refractivity contribution in [3.05, 3.63) is 54.0 Å². The summed E-state index contributed by atoms with van der Waals surface area (Å²) in [4.78, 5) is 20.2. The molecule has 2 heterocycles. The van der Waals surface area contributed by atoms with Crippen LogP contribution in [0.3, 0.4) is 0 Å². The Morgan fingerprint density at radius 3 is 2.48 bits per heavy atom. The molecule has 0 saturated carbocycles. The van der Waals surface area contributed by atoms with Crippen molar-refractivity contribution in [2.45, 2.75) is 0 Å². The lowest BCUT2D eigenvalue weighted by atomic mass is 10.2. The molecule has 0 unspecified atom stereocenters. The van der Waals surface area contributed by atoms with Crippen LogP contribution in [-0.2, 0) is 4.79 Å². The minimum atomic E-state index is -1.55. The number of aromatic nitrogens is 1. The van der Waals surface area contributed by atoms with E-state index in [4.69, 9.17) is 0 Å². The summed E-state index contributed by atoms with van der Waals surface area (Å²) in [5.41, 5.74) is -0.237. The van der Waals surface area contributed by atoms with Crippen molar-refractivity contribution in [3.8, 4) is 0 Å². The summed E-state index contributed by atoms with van der Waals surface area (Å²) in [7, 11) is 0. The molecular formula is C17H17F3N4O. The third-order valence-corrected chi connectivity index (χ3v) is 4.07. The van der Waals surface area contributed by atoms with Gasteiger partial charge in [0, 0.05) is 32.4 Å². The summed E-state index contributed by atoms with van der Waals surface area (Å²) in [6, 6.07) is 7.54. The maximum atomic E-state index is 13.6. The molecule has 2 aromatic rings. The second-order valence-electron chi connectivity index (χ2n) is 5.63. The van der Waals surface area contributed by atoms with Crippen LogP contribution in [0.25, 0.3) is 0 Å². The van der Waals surface area contributed by atoms with Gasteiger partial charge < -0.3 is 15.1 Å². The molecule has 1 saturated heterocycles. The number of hydrogen-bond acceptors (Lipinski definition) is 4. The van der Waals surface area contributed by atoms with Crippen molar-refractivity contribution in [1.82, 2.24) is 9.88 Å². The predicted molar refractivity (Wildman–Crippen MR) is 87.8 cm³/mol. The first-order valence-corrected chi connectivity index (χ1v) is 7.87. The summed E-state index contributed by atoms with van der Waals surface area (Å²) in [6.07, 6.45) is 1.72. The monoisotopic (exact) mass is 350 g/mol. The van der Waals surface area contributed by atoms with Crippen molar-refractivity contribution in [1.29, 1.82) is 0 Å². The average Bonchev–Trinajstić information content (AvgIpc) is 2.66. The van der Waals surface area contributed by atoms with Gasteiger partial charge in [0.15, 0.2) is 17.5 Å². The number of piperazine rings is 1. The van der Waals surface area contributed by atoms with E-state index in [1.54, 1.807) is 11.1 Å². The number of benzene rings is 1. The lowest BCUT2D eigenvalue weighted by Gasteiger charge is -2.35. The third kappa shape index (κ3) is 3.84. The fraction of sp³-hybridized carbons (Fsp3) is 0.294. The maximum absolute atomic E-state index is 13.6. The van der Waals surface area contributed by atoms with Crippen LogP contribution in [-0.4, -0.2) is 48.5 Å². The first kappa shape index (κ1) is 17.1. The Morgan fingerprint density at radius 1 is 1.04 bits per heavy atom. The predicted octanol–water partition coefficient (Wildman–Crippen LogP) is 2.26. The molecule has 1 aromatic carbocycles. The Labute approximate surface area is 143 Å². The molecule has 1 amide bonds. The number of amides is 1. The number of hydrogen-bond donors (Lipinski definition) is 1. The largest absolute Gasteiger partial charge is 0.374 e. The molecular weight excluding hydrogens is 333 g/mol. The van der Waals surface area contributed by atoms with Crippen molar-refractivity contribution in [2.24, 2.45) is 0 Å². The van der Waals surface area contributed by atoms with Gasteiger partial charge in [-0.2, -0.15) is 0 Å². The fourth-order valence-electron chi connectivity index (χ4n) is 2.67. The molecule has 1 aliphatic heterocycles. The van der Waals surface area contributed by atoms with E-state index in [1.807, 2.05) is 18.2 Å². The van der Waals surface area contributed by atoms with Gasteiger partial charge in [0.1, 0.15) is 5.82 Å². The number of pyridine rings is 1. The lowest BCUT2D eigenvalue weighted by molar-refractivity contribution is -0.129. The molecule has 132 valence electrons. The van der Waals surface area contributed by atoms with Crippen LogP contribution in [0.1, 0.15) is 0 Å². The Kier molecular flexibility index (Phi) is 5.06. The van der Waals surface area contributed by atoms with Gasteiger partial charge in [-0.1, -0.05) is 6.07 Å². The van der Waals surface area contributed by atoms with E-state index < -0.39 is 17.5 Å². The van der Waals surface area contributed by atoms with Gasteiger partial charge in [0.05, 0.1) is 12.2 Å². The molecule has 1 fully saturated rings. The zero-order valence-corrected chi connectivity index (χ0v) is 13.4. The topological polar surface area (TPSA) is 48.5 Å². The number of nitrogens with zero attached hydrogens (tertiary/aromatic N) is 3. The first-order valence-electron chi connectivity index (χ1n) is 7.87. The van der Waals surface area contributed by atoms with Crippen LogP contribution in [0, 0.1) is 17.5 Å². The number of carbonyl (C=O) groups is 1. The van der Waals surface area contributed by atoms with Crippen LogP contribution < -0.4 is 10.2 Å². The maximum Gasteiger partial charge on any atom is 0.241 e. The molecule has 25 heavy (non-hydrogen) atoms. The molecule has 1 aliphatic rings. The van der Waals surface area contributed by atoms with Gasteiger partial charge >= 0.3 is 0 Å². The van der Waals surface area contributed by atoms with Crippen LogP contribution in [0.5, 0.6) is 0 Å². The molecule has 1 aromatic heterocycles. The minimum absolute atomic E-state index is 0.189. The molecule has 8 heteroatoms. The molecule has 0 aliphatic carbocycles. The Bertz CT molecular complexity index is 749. The van der Waals surface area contributed by atoms with Crippen molar-refractivity contribution in [2.75, 3.05) is 42.9 Å². The minimum Gasteiger partial charge on any atom is -0.374 e. The highest BCUT2D eigenvalue weighted by molar-refractivity contribution is 5.81. The van der Waals surface area contributed by atoms with E-state index in [0.29, 0.717) is 26.2 Å². The van der Waals surface area contributed by atoms with E-state index >= 15 is 0 Å². The van der Waals surface area contributed by atoms with Gasteiger partial charge in [-0.15, -0.1) is 0 Å². The normalized spacial score (nSPS) is 14.5. The summed E-state index contributed by atoms with van der Waals surface area (Å²) >= 11 is 0. The average molecular weight is 350 g/mol. The second kappa shape index (κ2) is 7.42. The zero-order chi connectivity index (χ0) is 17.8. The molecule has 5 nitrogen and oxygen atoms in total. The van der Waals surface area contributed by atoms with Gasteiger partial charge in [-0.25, -0.2) is 18.2 Å². The van der Waals surface area contributed by atoms with E-state index in [-0.39, 0.29) is 18.1 Å². The van der Waals surface area contributed by atoms with Gasteiger partial charge in [0.25, 0.3) is 0 Å². The molecule has 0 spiro atoms. The van der Waals surface area contributed by atoms with Crippen LogP contribution >= 0.6 is 0 Å². The van der Waals surface area contributed by atoms with Crippen LogP contribution in [0.15, 0.2) is 36.5 Å². The zero-order valence-electron chi connectivity index (χ0n) is 13.4. The van der Waals surface area contributed by atoms with Crippen molar-refractivity contribution >= 4 is 17.4 Å². The number of nitrogens with one attached hydrogen (secondary N) is 1. The Hall–Kier alpha value is -2.77. The van der Waals surface area contributed by atoms with E-state index in [9.17, 15) is 18.0 Å². The highest BCUT2D eigenvalue weighted by atomic mass is 19.2. The number of rotatable bonds is 4. The molecule has 3 rings (SSSR count). The van der Waals surface area contributed by atoms with E-state index in [1.165, 1.54) is 0 Å². The molecule has 1 N–H and O–H groups in total. The second-order valence-corrected chi connectivity index (χ2v) is 5.63. The Morgan fingerprint density at radius 2 is 1.80 bits per heavy atom. The first-order chi connectivity index (χ1) is 12.1. The number of anilines is 2. The summed E-state index contributed by atoms with van der Waals surface area (Å²) in [6.45, 7) is 2.12. The molecule has 0 bridgehead atoms. The summed E-state index contributed by atoms with van der Waals surface area (Å²) in [5.74, 6) is -3.52. The van der Waals surface area contributed by atoms with E-state index in [0.717, 1.165) is 18.0 Å². The van der Waals surface area contributed by atoms with E-state index in [2.05, 4.69) is 15.2 Å². The van der Waals surface area contributed by atoms with Crippen molar-refractivity contribution < 1.29 is 18.0 Å². The van der Waals surface area contributed by atoms with Crippen molar-refractivity contribution in [3.63, 3.8) is 0 Å². The van der Waals surface area contributed by atoms with Crippen LogP contribution in [0.4, 0.5) is 24.7 Å². The third-order valence-electron chi connectivity index (χ3n) is 4.07. The lowest BCUT2D eigenvalue weighted by Crippen LogP contribution is -2.50. The summed E-state index contributed by atoms with van der Waals surface area (Å²) < 4.78 is 39.7. The number of carbonyl (C=O) groups excluding carboxylic acids is 1.